The molecule has 0 atom stereocenters. The Hall–Kier alpha value is -0.530. The molecule has 0 radical (unpaired) electrons. The molecule has 76 valence electrons. The van der Waals surface area contributed by atoms with E-state index in [-0.39, 0.29) is 0 Å². The van der Waals surface area contributed by atoms with Crippen LogP contribution in [0.1, 0.15) is 36.8 Å². The third kappa shape index (κ3) is 1.67. The zero-order valence-electron chi connectivity index (χ0n) is 8.39. The minimum Gasteiger partial charge on any atom is -0.385 e. The molecule has 1 saturated carbocycles. The molecule has 1 N–H and O–H groups in total. The minimum atomic E-state index is -0.589. The average Bonchev–Trinajstić information content (AvgIpc) is 2.52. The first kappa shape index (κ1) is 10.0. The molecule has 1 aliphatic carbocycles. The lowest BCUT2D eigenvalue weighted by atomic mass is 9.89. The first-order valence-corrected chi connectivity index (χ1v) is 5.49. The van der Waals surface area contributed by atoms with Crippen molar-refractivity contribution in [2.24, 2.45) is 0 Å². The summed E-state index contributed by atoms with van der Waals surface area (Å²) in [5, 5.41) is 11.1. The second kappa shape index (κ2) is 3.56. The second-order valence-electron chi connectivity index (χ2n) is 4.20. The van der Waals surface area contributed by atoms with Crippen molar-refractivity contribution >= 4 is 11.6 Å². The zero-order chi connectivity index (χ0) is 10.2. The summed E-state index contributed by atoms with van der Waals surface area (Å²) in [5.74, 6) is 0. The Morgan fingerprint density at radius 1 is 1.29 bits per heavy atom. The van der Waals surface area contributed by atoms with E-state index < -0.39 is 5.60 Å². The Morgan fingerprint density at radius 2 is 1.93 bits per heavy atom. The number of aliphatic hydroxyl groups is 1. The van der Waals surface area contributed by atoms with Gasteiger partial charge in [0.1, 0.15) is 0 Å². The highest BCUT2D eigenvalue weighted by Crippen LogP contribution is 2.40. The van der Waals surface area contributed by atoms with E-state index >= 15 is 0 Å². The van der Waals surface area contributed by atoms with Crippen LogP contribution in [0.4, 0.5) is 0 Å². The molecule has 0 spiro atoms. The molecular weight excluding hydrogens is 196 g/mol. The Morgan fingerprint density at radius 3 is 2.50 bits per heavy atom. The monoisotopic (exact) mass is 210 g/mol. The molecule has 0 bridgehead atoms. The van der Waals surface area contributed by atoms with Crippen LogP contribution in [0.25, 0.3) is 0 Å². The van der Waals surface area contributed by atoms with Crippen LogP contribution in [-0.2, 0) is 5.60 Å². The summed E-state index contributed by atoms with van der Waals surface area (Å²) in [4.78, 5) is 0. The topological polar surface area (TPSA) is 20.2 Å². The molecule has 14 heavy (non-hydrogen) atoms. The smallest absolute Gasteiger partial charge is 0.0899 e. The van der Waals surface area contributed by atoms with Crippen molar-refractivity contribution in [2.75, 3.05) is 0 Å². The van der Waals surface area contributed by atoms with E-state index in [9.17, 15) is 5.11 Å². The van der Waals surface area contributed by atoms with Gasteiger partial charge in [0.2, 0.25) is 0 Å². The Kier molecular flexibility index (Phi) is 2.54. The van der Waals surface area contributed by atoms with E-state index in [4.69, 9.17) is 11.6 Å². The molecule has 0 amide bonds. The third-order valence-corrected chi connectivity index (χ3v) is 3.36. The summed E-state index contributed by atoms with van der Waals surface area (Å²) in [6.45, 7) is 2.01. The summed E-state index contributed by atoms with van der Waals surface area (Å²) < 4.78 is 0. The van der Waals surface area contributed by atoms with E-state index in [1.165, 1.54) is 0 Å². The van der Waals surface area contributed by atoms with Crippen LogP contribution in [0.5, 0.6) is 0 Å². The molecular formula is C12H15ClO. The number of hydrogen-bond acceptors (Lipinski definition) is 1. The lowest BCUT2D eigenvalue weighted by Crippen LogP contribution is -2.21. The van der Waals surface area contributed by atoms with Crippen LogP contribution in [0.15, 0.2) is 18.2 Å². The summed E-state index contributed by atoms with van der Waals surface area (Å²) in [6, 6.07) is 5.75. The van der Waals surface area contributed by atoms with Gasteiger partial charge in [0.05, 0.1) is 5.60 Å². The standard InChI is InChI=1S/C12H15ClO/c1-9-8-10(13)4-5-11(9)12(14)6-2-3-7-12/h4-5,8,14H,2-3,6-7H2,1H3. The fourth-order valence-corrected chi connectivity index (χ4v) is 2.61. The fourth-order valence-electron chi connectivity index (χ4n) is 2.38. The highest BCUT2D eigenvalue weighted by molar-refractivity contribution is 6.30. The zero-order valence-corrected chi connectivity index (χ0v) is 9.14. The van der Waals surface area contributed by atoms with Gasteiger partial charge in [0.25, 0.3) is 0 Å². The van der Waals surface area contributed by atoms with E-state index in [1.807, 2.05) is 25.1 Å². The van der Waals surface area contributed by atoms with Gasteiger partial charge in [-0.15, -0.1) is 0 Å². The predicted octanol–water partition coefficient (Wildman–Crippen LogP) is 3.41. The highest BCUT2D eigenvalue weighted by atomic mass is 35.5. The summed E-state index contributed by atoms with van der Waals surface area (Å²) in [6.07, 6.45) is 4.02. The number of benzene rings is 1. The van der Waals surface area contributed by atoms with Gasteiger partial charge < -0.3 is 5.11 Å². The van der Waals surface area contributed by atoms with Crippen LogP contribution in [0, 0.1) is 6.92 Å². The predicted molar refractivity (Wildman–Crippen MR) is 58.6 cm³/mol. The van der Waals surface area contributed by atoms with E-state index in [0.717, 1.165) is 41.8 Å². The van der Waals surface area contributed by atoms with Crippen LogP contribution in [0.2, 0.25) is 5.02 Å². The van der Waals surface area contributed by atoms with Gasteiger partial charge in [-0.25, -0.2) is 0 Å². The molecule has 1 nitrogen and oxygen atoms in total. The molecule has 0 aliphatic heterocycles. The summed E-state index contributed by atoms with van der Waals surface area (Å²) in [5.41, 5.74) is 1.57. The van der Waals surface area contributed by atoms with Crippen molar-refractivity contribution in [1.82, 2.24) is 0 Å². The number of rotatable bonds is 1. The molecule has 1 fully saturated rings. The molecule has 1 aliphatic rings. The third-order valence-electron chi connectivity index (χ3n) is 3.12. The molecule has 1 aromatic carbocycles. The molecule has 2 heteroatoms. The van der Waals surface area contributed by atoms with Crippen molar-refractivity contribution in [1.29, 1.82) is 0 Å². The first-order valence-electron chi connectivity index (χ1n) is 5.11. The van der Waals surface area contributed by atoms with E-state index in [0.29, 0.717) is 0 Å². The number of hydrogen-bond donors (Lipinski definition) is 1. The SMILES string of the molecule is Cc1cc(Cl)ccc1C1(O)CCCC1. The fraction of sp³-hybridized carbons (Fsp3) is 0.500. The van der Waals surface area contributed by atoms with Crippen LogP contribution in [0.3, 0.4) is 0 Å². The quantitative estimate of drug-likeness (QED) is 0.753. The van der Waals surface area contributed by atoms with Crippen molar-refractivity contribution < 1.29 is 5.11 Å². The lowest BCUT2D eigenvalue weighted by Gasteiger charge is -2.24. The van der Waals surface area contributed by atoms with E-state index in [1.54, 1.807) is 0 Å². The number of aryl methyl sites for hydroxylation is 1. The van der Waals surface area contributed by atoms with Gasteiger partial charge in [0, 0.05) is 5.02 Å². The van der Waals surface area contributed by atoms with Crippen molar-refractivity contribution in [3.63, 3.8) is 0 Å². The molecule has 0 aromatic heterocycles. The van der Waals surface area contributed by atoms with Crippen LogP contribution < -0.4 is 0 Å². The van der Waals surface area contributed by atoms with Crippen molar-refractivity contribution in [2.45, 2.75) is 38.2 Å². The van der Waals surface area contributed by atoms with Crippen molar-refractivity contribution in [3.05, 3.63) is 34.3 Å². The molecule has 1 aromatic rings. The first-order chi connectivity index (χ1) is 6.62. The average molecular weight is 211 g/mol. The maximum atomic E-state index is 10.4. The summed E-state index contributed by atoms with van der Waals surface area (Å²) in [7, 11) is 0. The molecule has 0 heterocycles. The Balaban J connectivity index is 2.40. The van der Waals surface area contributed by atoms with Crippen LogP contribution in [-0.4, -0.2) is 5.11 Å². The molecule has 0 saturated heterocycles. The summed E-state index contributed by atoms with van der Waals surface area (Å²) >= 11 is 5.89. The van der Waals surface area contributed by atoms with Gasteiger partial charge in [-0.1, -0.05) is 30.5 Å². The van der Waals surface area contributed by atoms with Gasteiger partial charge in [-0.05, 0) is 43.0 Å². The Bertz CT molecular complexity index is 340. The normalized spacial score (nSPS) is 19.9. The van der Waals surface area contributed by atoms with Crippen LogP contribution >= 0.6 is 11.6 Å². The highest BCUT2D eigenvalue weighted by Gasteiger charge is 2.33. The maximum Gasteiger partial charge on any atom is 0.0899 e. The van der Waals surface area contributed by atoms with Gasteiger partial charge in [-0.2, -0.15) is 0 Å². The van der Waals surface area contributed by atoms with Gasteiger partial charge >= 0.3 is 0 Å². The molecule has 0 unspecified atom stereocenters. The number of halogens is 1. The van der Waals surface area contributed by atoms with E-state index in [2.05, 4.69) is 0 Å². The van der Waals surface area contributed by atoms with Gasteiger partial charge in [0.15, 0.2) is 0 Å². The Labute approximate surface area is 89.7 Å². The van der Waals surface area contributed by atoms with Crippen molar-refractivity contribution in [3.8, 4) is 0 Å². The maximum absolute atomic E-state index is 10.4. The second-order valence-corrected chi connectivity index (χ2v) is 4.63. The lowest BCUT2D eigenvalue weighted by molar-refractivity contribution is 0.0438. The minimum absolute atomic E-state index is 0.589. The largest absolute Gasteiger partial charge is 0.385 e. The van der Waals surface area contributed by atoms with Gasteiger partial charge in [-0.3, -0.25) is 0 Å². The molecule has 2 rings (SSSR count).